The number of rotatable bonds is 5. The molecular formula is C19H34IN7O. The maximum Gasteiger partial charge on any atom is 0.219 e. The van der Waals surface area contributed by atoms with E-state index in [-0.39, 0.29) is 29.9 Å². The largest absolute Gasteiger partial charge is 0.357 e. The number of nitrogens with one attached hydrogen (secondary N) is 1. The molecule has 0 bridgehead atoms. The van der Waals surface area contributed by atoms with Crippen LogP contribution in [0.5, 0.6) is 0 Å². The number of amides is 1. The topological polar surface area (TPSA) is 78.7 Å². The van der Waals surface area contributed by atoms with Crippen LogP contribution in [0.25, 0.3) is 0 Å². The molecule has 0 radical (unpaired) electrons. The van der Waals surface area contributed by atoms with E-state index in [0.717, 1.165) is 82.7 Å². The van der Waals surface area contributed by atoms with Crippen molar-refractivity contribution >= 4 is 35.8 Å². The summed E-state index contributed by atoms with van der Waals surface area (Å²) in [4.78, 5) is 20.5. The number of halogens is 1. The van der Waals surface area contributed by atoms with Gasteiger partial charge in [-0.1, -0.05) is 6.42 Å². The fourth-order valence-electron chi connectivity index (χ4n) is 3.81. The van der Waals surface area contributed by atoms with Crippen molar-refractivity contribution in [1.29, 1.82) is 0 Å². The molecule has 1 N–H and O–H groups in total. The average Bonchev–Trinajstić information content (AvgIpc) is 2.90. The third kappa shape index (κ3) is 6.05. The highest BCUT2D eigenvalue weighted by atomic mass is 127. The Morgan fingerprint density at radius 3 is 2.54 bits per heavy atom. The summed E-state index contributed by atoms with van der Waals surface area (Å²) in [5.41, 5.74) is 0. The van der Waals surface area contributed by atoms with Gasteiger partial charge >= 0.3 is 0 Å². The van der Waals surface area contributed by atoms with Gasteiger partial charge in [-0.3, -0.25) is 9.79 Å². The summed E-state index contributed by atoms with van der Waals surface area (Å²) < 4.78 is 2.32. The van der Waals surface area contributed by atoms with Crippen LogP contribution in [0.15, 0.2) is 4.99 Å². The van der Waals surface area contributed by atoms with Crippen molar-refractivity contribution < 1.29 is 4.79 Å². The van der Waals surface area contributed by atoms with E-state index < -0.39 is 0 Å². The lowest BCUT2D eigenvalue weighted by Gasteiger charge is -2.36. The van der Waals surface area contributed by atoms with Gasteiger partial charge in [0.2, 0.25) is 5.91 Å². The van der Waals surface area contributed by atoms with E-state index in [1.165, 1.54) is 19.3 Å². The first-order valence-electron chi connectivity index (χ1n) is 10.4. The summed E-state index contributed by atoms with van der Waals surface area (Å²) in [7, 11) is 0. The summed E-state index contributed by atoms with van der Waals surface area (Å²) in [6.07, 6.45) is 6.70. The van der Waals surface area contributed by atoms with Crippen LogP contribution in [-0.4, -0.2) is 75.7 Å². The number of carbonyl (C=O) groups is 1. The SMILES string of the molecule is CCNC(=NCCCc1nnc2n1CCCCC2)N1CCN(C(C)=O)CC1.I. The van der Waals surface area contributed by atoms with Gasteiger partial charge in [0.25, 0.3) is 0 Å². The van der Waals surface area contributed by atoms with E-state index in [0.29, 0.717) is 0 Å². The van der Waals surface area contributed by atoms with Crippen LogP contribution in [-0.2, 0) is 24.2 Å². The highest BCUT2D eigenvalue weighted by molar-refractivity contribution is 14.0. The molecule has 1 aromatic rings. The van der Waals surface area contributed by atoms with Crippen LogP contribution in [0.1, 0.15) is 51.2 Å². The Kier molecular flexibility index (Phi) is 9.46. The summed E-state index contributed by atoms with van der Waals surface area (Å²) in [6.45, 7) is 9.63. The van der Waals surface area contributed by atoms with Crippen molar-refractivity contribution in [3.63, 3.8) is 0 Å². The summed E-state index contributed by atoms with van der Waals surface area (Å²) in [5, 5.41) is 12.2. The molecule has 2 aliphatic rings. The zero-order valence-corrected chi connectivity index (χ0v) is 19.5. The van der Waals surface area contributed by atoms with E-state index in [9.17, 15) is 4.79 Å². The fraction of sp³-hybridized carbons (Fsp3) is 0.789. The number of aromatic nitrogens is 3. The molecule has 1 aromatic heterocycles. The number of fused-ring (bicyclic) bond motifs is 1. The van der Waals surface area contributed by atoms with Gasteiger partial charge in [-0.05, 0) is 26.2 Å². The number of nitrogens with zero attached hydrogens (tertiary/aromatic N) is 6. The molecule has 0 unspecified atom stereocenters. The van der Waals surface area contributed by atoms with Crippen molar-refractivity contribution in [2.75, 3.05) is 39.3 Å². The number of hydrogen-bond acceptors (Lipinski definition) is 4. The first kappa shape index (κ1) is 22.9. The normalized spacial score (nSPS) is 17.6. The molecule has 3 rings (SSSR count). The Morgan fingerprint density at radius 2 is 1.82 bits per heavy atom. The predicted molar refractivity (Wildman–Crippen MR) is 121 cm³/mol. The van der Waals surface area contributed by atoms with Gasteiger partial charge in [0.05, 0.1) is 0 Å². The standard InChI is InChI=1S/C19H33N7O.HI/c1-3-20-19(25-14-12-24(13-15-25)16(2)27)21-10-7-9-18-23-22-17-8-5-4-6-11-26(17)18;/h3-15H2,1-2H3,(H,20,21);1H. The smallest absolute Gasteiger partial charge is 0.219 e. The van der Waals surface area contributed by atoms with E-state index >= 15 is 0 Å². The average molecular weight is 503 g/mol. The molecule has 28 heavy (non-hydrogen) atoms. The fourth-order valence-corrected chi connectivity index (χ4v) is 3.81. The molecule has 2 aliphatic heterocycles. The minimum atomic E-state index is 0. The molecule has 0 aliphatic carbocycles. The van der Waals surface area contributed by atoms with Crippen LogP contribution in [0.2, 0.25) is 0 Å². The number of carbonyl (C=O) groups excluding carboxylic acids is 1. The maximum absolute atomic E-state index is 11.5. The molecule has 3 heterocycles. The number of hydrogen-bond donors (Lipinski definition) is 1. The molecule has 9 heteroatoms. The maximum atomic E-state index is 11.5. The molecule has 0 saturated carbocycles. The van der Waals surface area contributed by atoms with Crippen molar-refractivity contribution in [2.24, 2.45) is 4.99 Å². The minimum absolute atomic E-state index is 0. The Morgan fingerprint density at radius 1 is 1.07 bits per heavy atom. The molecular weight excluding hydrogens is 469 g/mol. The summed E-state index contributed by atoms with van der Waals surface area (Å²) >= 11 is 0. The molecule has 1 saturated heterocycles. The second-order valence-electron chi connectivity index (χ2n) is 7.33. The summed E-state index contributed by atoms with van der Waals surface area (Å²) in [6, 6.07) is 0. The van der Waals surface area contributed by atoms with Crippen molar-refractivity contribution in [3.05, 3.63) is 11.6 Å². The quantitative estimate of drug-likeness (QED) is 0.287. The van der Waals surface area contributed by atoms with Gasteiger partial charge in [0.1, 0.15) is 11.6 Å². The van der Waals surface area contributed by atoms with E-state index in [1.807, 2.05) is 4.90 Å². The van der Waals surface area contributed by atoms with Gasteiger partial charge < -0.3 is 19.7 Å². The van der Waals surface area contributed by atoms with E-state index in [4.69, 9.17) is 4.99 Å². The monoisotopic (exact) mass is 503 g/mol. The lowest BCUT2D eigenvalue weighted by molar-refractivity contribution is -0.130. The molecule has 0 atom stereocenters. The van der Waals surface area contributed by atoms with Crippen molar-refractivity contribution in [1.82, 2.24) is 29.9 Å². The van der Waals surface area contributed by atoms with Gasteiger partial charge in [-0.2, -0.15) is 0 Å². The molecule has 158 valence electrons. The van der Waals surface area contributed by atoms with Crippen molar-refractivity contribution in [2.45, 2.75) is 58.9 Å². The zero-order chi connectivity index (χ0) is 19.1. The van der Waals surface area contributed by atoms with Gasteiger partial charge in [0.15, 0.2) is 5.96 Å². The highest BCUT2D eigenvalue weighted by Crippen LogP contribution is 2.15. The Balaban J connectivity index is 0.00000280. The molecule has 0 spiro atoms. The Bertz CT molecular complexity index is 653. The number of aliphatic imine (C=N–C) groups is 1. The van der Waals surface area contributed by atoms with Crippen LogP contribution < -0.4 is 5.32 Å². The highest BCUT2D eigenvalue weighted by Gasteiger charge is 2.21. The number of guanidine groups is 1. The molecule has 0 aromatic carbocycles. The first-order valence-corrected chi connectivity index (χ1v) is 10.4. The van der Waals surface area contributed by atoms with Crippen LogP contribution >= 0.6 is 24.0 Å². The molecule has 8 nitrogen and oxygen atoms in total. The second kappa shape index (κ2) is 11.6. The Labute approximate surface area is 185 Å². The Hall–Kier alpha value is -1.39. The molecule has 1 fully saturated rings. The van der Waals surface area contributed by atoms with Gasteiger partial charge in [-0.15, -0.1) is 34.2 Å². The van der Waals surface area contributed by atoms with E-state index in [1.54, 1.807) is 6.92 Å². The third-order valence-electron chi connectivity index (χ3n) is 5.37. The lowest BCUT2D eigenvalue weighted by Crippen LogP contribution is -2.53. The zero-order valence-electron chi connectivity index (χ0n) is 17.2. The number of piperazine rings is 1. The lowest BCUT2D eigenvalue weighted by atomic mass is 10.2. The van der Waals surface area contributed by atoms with Gasteiger partial charge in [0, 0.05) is 65.6 Å². The summed E-state index contributed by atoms with van der Waals surface area (Å²) in [5.74, 6) is 3.38. The third-order valence-corrected chi connectivity index (χ3v) is 5.37. The van der Waals surface area contributed by atoms with Crippen LogP contribution in [0, 0.1) is 0 Å². The van der Waals surface area contributed by atoms with Crippen molar-refractivity contribution in [3.8, 4) is 0 Å². The van der Waals surface area contributed by atoms with Crippen LogP contribution in [0.4, 0.5) is 0 Å². The van der Waals surface area contributed by atoms with E-state index in [2.05, 4.69) is 31.9 Å². The second-order valence-corrected chi connectivity index (χ2v) is 7.33. The first-order chi connectivity index (χ1) is 13.2. The number of aryl methyl sites for hydroxylation is 2. The molecule has 1 amide bonds. The van der Waals surface area contributed by atoms with Crippen LogP contribution in [0.3, 0.4) is 0 Å². The van der Waals surface area contributed by atoms with Gasteiger partial charge in [-0.25, -0.2) is 0 Å². The minimum Gasteiger partial charge on any atom is -0.357 e. The predicted octanol–water partition coefficient (Wildman–Crippen LogP) is 1.68.